The van der Waals surface area contributed by atoms with E-state index in [4.69, 9.17) is 19.6 Å². The fourth-order valence-corrected chi connectivity index (χ4v) is 5.51. The Kier molecular flexibility index (Phi) is 10.9. The molecule has 0 radical (unpaired) electrons. The first-order valence-electron chi connectivity index (χ1n) is 15.2. The zero-order valence-corrected chi connectivity index (χ0v) is 26.3. The molecule has 1 fully saturated rings. The molecule has 4 atom stereocenters. The molecule has 1 aliphatic rings. The zero-order valence-electron chi connectivity index (χ0n) is 26.3. The molecule has 0 saturated carbocycles. The van der Waals surface area contributed by atoms with Crippen molar-refractivity contribution >= 4 is 35.0 Å². The van der Waals surface area contributed by atoms with Gasteiger partial charge in [-0.15, -0.1) is 0 Å². The molecule has 2 heterocycles. The lowest BCUT2D eigenvalue weighted by atomic mass is 9.94. The number of rotatable bonds is 11. The summed E-state index contributed by atoms with van der Waals surface area (Å²) in [6, 6.07) is 10.5. The van der Waals surface area contributed by atoms with Gasteiger partial charge in [-0.05, 0) is 48.4 Å². The fraction of sp³-hybridized carbons (Fsp3) is 0.485. The molecule has 1 aromatic heterocycles. The van der Waals surface area contributed by atoms with Crippen molar-refractivity contribution in [3.63, 3.8) is 0 Å². The Morgan fingerprint density at radius 3 is 2.44 bits per heavy atom. The number of urea groups is 1. The normalized spacial score (nSPS) is 16.9. The highest BCUT2D eigenvalue weighted by Gasteiger charge is 2.45. The molecule has 3 amide bonds. The Hall–Kier alpha value is -4.29. The third-order valence-electron chi connectivity index (χ3n) is 8.10. The molecule has 1 saturated heterocycles. The lowest BCUT2D eigenvalue weighted by Gasteiger charge is -2.40. The summed E-state index contributed by atoms with van der Waals surface area (Å²) in [5.41, 5.74) is 7.98. The highest BCUT2D eigenvalue weighted by Crippen LogP contribution is 2.32. The monoisotopic (exact) mass is 622 g/mol. The molecular formula is C33H42N4O8. The molecule has 4 rings (SSSR count). The van der Waals surface area contributed by atoms with Gasteiger partial charge in [-0.3, -0.25) is 14.5 Å². The quantitative estimate of drug-likeness (QED) is 0.296. The SMILES string of the molecule is COC(=O)c1ccc2nc(C(O)[C@H](C(C)C)N(C(=O)[C@@H](N)C(C)C)C(=O)N3CCCC3CC(=O)OCc3ccccc3)oc2c1. The van der Waals surface area contributed by atoms with Crippen molar-refractivity contribution in [2.75, 3.05) is 13.7 Å². The van der Waals surface area contributed by atoms with Gasteiger partial charge >= 0.3 is 18.0 Å². The Bertz CT molecular complexity index is 1500. The maximum absolute atomic E-state index is 14.3. The molecular weight excluding hydrogens is 580 g/mol. The molecule has 2 aromatic carbocycles. The van der Waals surface area contributed by atoms with Crippen LogP contribution in [0, 0.1) is 11.8 Å². The summed E-state index contributed by atoms with van der Waals surface area (Å²) >= 11 is 0. The summed E-state index contributed by atoms with van der Waals surface area (Å²) < 4.78 is 16.1. The molecule has 0 spiro atoms. The van der Waals surface area contributed by atoms with Gasteiger partial charge in [0.05, 0.1) is 31.2 Å². The van der Waals surface area contributed by atoms with Crippen molar-refractivity contribution in [1.82, 2.24) is 14.8 Å². The van der Waals surface area contributed by atoms with Crippen LogP contribution in [0.2, 0.25) is 0 Å². The van der Waals surface area contributed by atoms with Crippen molar-refractivity contribution < 1.29 is 38.2 Å². The Labute approximate surface area is 262 Å². The number of hydrogen-bond donors (Lipinski definition) is 2. The van der Waals surface area contributed by atoms with E-state index in [1.54, 1.807) is 33.8 Å². The number of imide groups is 1. The van der Waals surface area contributed by atoms with Crippen LogP contribution in [0.3, 0.4) is 0 Å². The van der Waals surface area contributed by atoms with Gasteiger partial charge in [0, 0.05) is 12.6 Å². The van der Waals surface area contributed by atoms with E-state index in [9.17, 15) is 24.3 Å². The summed E-state index contributed by atoms with van der Waals surface area (Å²) in [5, 5.41) is 11.7. The van der Waals surface area contributed by atoms with E-state index in [2.05, 4.69) is 4.98 Å². The van der Waals surface area contributed by atoms with Gasteiger partial charge in [-0.25, -0.2) is 14.6 Å². The highest BCUT2D eigenvalue weighted by molar-refractivity contribution is 5.98. The van der Waals surface area contributed by atoms with Crippen LogP contribution in [-0.2, 0) is 25.7 Å². The van der Waals surface area contributed by atoms with E-state index in [1.165, 1.54) is 24.1 Å². The number of amides is 3. The average Bonchev–Trinajstić information content (AvgIpc) is 3.68. The number of ether oxygens (including phenoxy) is 2. The first kappa shape index (κ1) is 33.6. The molecule has 2 unspecified atom stereocenters. The van der Waals surface area contributed by atoms with Gasteiger partial charge in [-0.1, -0.05) is 58.0 Å². The molecule has 3 N–H and O–H groups in total. The summed E-state index contributed by atoms with van der Waals surface area (Å²) in [6.07, 6.45) is -0.390. The largest absolute Gasteiger partial charge is 0.465 e. The summed E-state index contributed by atoms with van der Waals surface area (Å²) in [5.74, 6) is -2.57. The Morgan fingerprint density at radius 1 is 1.09 bits per heavy atom. The Morgan fingerprint density at radius 2 is 1.80 bits per heavy atom. The summed E-state index contributed by atoms with van der Waals surface area (Å²) in [6.45, 7) is 7.50. The molecule has 45 heavy (non-hydrogen) atoms. The van der Waals surface area contributed by atoms with Gasteiger partial charge in [0.25, 0.3) is 0 Å². The second-order valence-corrected chi connectivity index (χ2v) is 12.0. The number of hydrogen-bond acceptors (Lipinski definition) is 10. The number of nitrogens with zero attached hydrogens (tertiary/aromatic N) is 3. The number of benzene rings is 2. The number of oxazole rings is 1. The third kappa shape index (κ3) is 7.69. The Balaban J connectivity index is 1.62. The standard InChI is InChI=1S/C33H42N4O8/c1-19(2)27(34)31(40)37(33(42)36-15-9-12-23(36)17-26(38)44-18-21-10-7-6-8-11-21)28(20(3)4)29(39)30-35-24-14-13-22(32(41)43-5)16-25(24)45-30/h6-8,10-11,13-14,16,19-20,23,27-29,39H,9,12,15,17-18,34H2,1-5H3/t23?,27-,28-,29?/m0/s1. The highest BCUT2D eigenvalue weighted by atomic mass is 16.5. The van der Waals surface area contributed by atoms with E-state index in [-0.39, 0.29) is 36.0 Å². The van der Waals surface area contributed by atoms with Crippen LogP contribution in [0.4, 0.5) is 4.79 Å². The van der Waals surface area contributed by atoms with Crippen molar-refractivity contribution in [3.05, 3.63) is 65.5 Å². The number of likely N-dealkylation sites (tertiary alicyclic amines) is 1. The van der Waals surface area contributed by atoms with E-state index in [0.717, 1.165) is 10.5 Å². The minimum Gasteiger partial charge on any atom is -0.465 e. The molecule has 1 aliphatic heterocycles. The number of nitrogens with two attached hydrogens (primary N) is 1. The molecule has 242 valence electrons. The number of fused-ring (bicyclic) bond motifs is 1. The van der Waals surface area contributed by atoms with Gasteiger partial charge in [0.2, 0.25) is 11.8 Å². The van der Waals surface area contributed by atoms with Crippen LogP contribution >= 0.6 is 0 Å². The minimum absolute atomic E-state index is 0.0423. The van der Waals surface area contributed by atoms with Crippen molar-refractivity contribution in [3.8, 4) is 0 Å². The number of aliphatic hydroxyl groups is 1. The van der Waals surface area contributed by atoms with Crippen LogP contribution in [0.5, 0.6) is 0 Å². The zero-order chi connectivity index (χ0) is 32.8. The van der Waals surface area contributed by atoms with Gasteiger partial charge in [0.1, 0.15) is 12.1 Å². The molecule has 3 aromatic rings. The van der Waals surface area contributed by atoms with Crippen molar-refractivity contribution in [2.45, 2.75) is 77.8 Å². The first-order chi connectivity index (χ1) is 21.4. The number of carbonyl (C=O) groups excluding carboxylic acids is 4. The number of esters is 2. The average molecular weight is 623 g/mol. The molecule has 0 aliphatic carbocycles. The topological polar surface area (TPSA) is 166 Å². The van der Waals surface area contributed by atoms with Gasteiger partial charge in [0.15, 0.2) is 11.7 Å². The lowest BCUT2D eigenvalue weighted by molar-refractivity contribution is -0.146. The van der Waals surface area contributed by atoms with Crippen molar-refractivity contribution in [2.24, 2.45) is 17.6 Å². The third-order valence-corrected chi connectivity index (χ3v) is 8.10. The lowest BCUT2D eigenvalue weighted by Crippen LogP contribution is -2.60. The van der Waals surface area contributed by atoms with Crippen LogP contribution < -0.4 is 5.73 Å². The maximum atomic E-state index is 14.3. The minimum atomic E-state index is -1.52. The number of carbonyl (C=O) groups is 4. The molecule has 12 heteroatoms. The predicted octanol–water partition coefficient (Wildman–Crippen LogP) is 4.20. The van der Waals surface area contributed by atoms with Crippen LogP contribution in [-0.4, -0.2) is 75.5 Å². The summed E-state index contributed by atoms with van der Waals surface area (Å²) in [7, 11) is 1.26. The number of aromatic nitrogens is 1. The van der Waals surface area contributed by atoms with Gasteiger partial charge in [-0.2, -0.15) is 0 Å². The summed E-state index contributed by atoms with van der Waals surface area (Å²) in [4.78, 5) is 59.9. The van der Waals surface area contributed by atoms with E-state index >= 15 is 0 Å². The van der Waals surface area contributed by atoms with E-state index in [0.29, 0.717) is 24.9 Å². The van der Waals surface area contributed by atoms with Crippen LogP contribution in [0.1, 0.15) is 74.9 Å². The number of methoxy groups -OCH3 is 1. The molecule has 12 nitrogen and oxygen atoms in total. The smallest absolute Gasteiger partial charge is 0.337 e. The van der Waals surface area contributed by atoms with Crippen LogP contribution in [0.25, 0.3) is 11.1 Å². The predicted molar refractivity (Wildman–Crippen MR) is 165 cm³/mol. The van der Waals surface area contributed by atoms with E-state index in [1.807, 2.05) is 30.3 Å². The van der Waals surface area contributed by atoms with Gasteiger partial charge < -0.3 is 29.6 Å². The second kappa shape index (κ2) is 14.7. The molecule has 0 bridgehead atoms. The first-order valence-corrected chi connectivity index (χ1v) is 15.2. The van der Waals surface area contributed by atoms with Crippen LogP contribution in [0.15, 0.2) is 52.9 Å². The second-order valence-electron chi connectivity index (χ2n) is 12.0. The van der Waals surface area contributed by atoms with E-state index < -0.39 is 54.0 Å². The van der Waals surface area contributed by atoms with Crippen molar-refractivity contribution in [1.29, 1.82) is 0 Å². The number of aliphatic hydroxyl groups excluding tert-OH is 1. The fourth-order valence-electron chi connectivity index (χ4n) is 5.51. The maximum Gasteiger partial charge on any atom is 0.337 e.